The van der Waals surface area contributed by atoms with Gasteiger partial charge in [-0.1, -0.05) is 132 Å². The third-order valence-corrected chi connectivity index (χ3v) is 13.2. The summed E-state index contributed by atoms with van der Waals surface area (Å²) < 4.78 is 34.1. The predicted octanol–water partition coefficient (Wildman–Crippen LogP) is 3.09. The Bertz CT molecular complexity index is 1640. The van der Waals surface area contributed by atoms with E-state index >= 15 is 0 Å². The fourth-order valence-electron chi connectivity index (χ4n) is 8.72. The molecule has 0 aliphatic carbocycles. The number of carbonyl (C=O) groups is 1. The second kappa shape index (κ2) is 38.7. The summed E-state index contributed by atoms with van der Waals surface area (Å²) in [4.78, 5) is 13.2. The molecule has 3 heterocycles. The van der Waals surface area contributed by atoms with Gasteiger partial charge in [0.2, 0.25) is 5.91 Å². The van der Waals surface area contributed by atoms with Crippen LogP contribution in [0.4, 0.5) is 0 Å². The maximum atomic E-state index is 13.2. The smallest absolute Gasteiger partial charge is 0.220 e. The number of allylic oxidation sites excluding steroid dienone is 11. The lowest BCUT2D eigenvalue weighted by atomic mass is 9.96. The molecule has 0 bridgehead atoms. The van der Waals surface area contributed by atoms with Crippen molar-refractivity contribution in [2.24, 2.45) is 0 Å². The van der Waals surface area contributed by atoms with Crippen molar-refractivity contribution >= 4 is 5.91 Å². The Morgan fingerprint density at radius 1 is 0.500 bits per heavy atom. The number of aliphatic hydroxyl groups excluding tert-OH is 11. The molecule has 19 heteroatoms. The van der Waals surface area contributed by atoms with Gasteiger partial charge in [0.1, 0.15) is 73.2 Å². The quantitative estimate of drug-likeness (QED) is 0.0314. The summed E-state index contributed by atoms with van der Waals surface area (Å²) in [5.41, 5.74) is 0. The van der Waals surface area contributed by atoms with Crippen molar-refractivity contribution < 1.29 is 89.4 Å². The molecule has 3 rings (SSSR count). The molecular formula is C55H93NO18. The molecule has 17 unspecified atom stereocenters. The van der Waals surface area contributed by atoms with E-state index in [0.29, 0.717) is 12.8 Å². The third kappa shape index (κ3) is 23.5. The molecule has 3 aliphatic heterocycles. The van der Waals surface area contributed by atoms with Crippen LogP contribution in [0.5, 0.6) is 0 Å². The zero-order chi connectivity index (χ0) is 54.1. The molecule has 1 amide bonds. The van der Waals surface area contributed by atoms with Gasteiger partial charge in [0.05, 0.1) is 38.6 Å². The van der Waals surface area contributed by atoms with E-state index in [9.17, 15) is 61.0 Å². The second-order valence-corrected chi connectivity index (χ2v) is 19.3. The minimum absolute atomic E-state index is 0.203. The van der Waals surface area contributed by atoms with Crippen LogP contribution in [0.3, 0.4) is 0 Å². The van der Waals surface area contributed by atoms with E-state index in [-0.39, 0.29) is 18.9 Å². The topological polar surface area (TPSA) is 307 Å². The first-order valence-electron chi connectivity index (χ1n) is 27.2. The van der Waals surface area contributed by atoms with Crippen molar-refractivity contribution in [3.8, 4) is 0 Å². The molecule has 0 aromatic carbocycles. The fraction of sp³-hybridized carbons (Fsp3) is 0.764. The van der Waals surface area contributed by atoms with Crippen molar-refractivity contribution in [1.82, 2.24) is 5.32 Å². The van der Waals surface area contributed by atoms with Gasteiger partial charge in [-0.25, -0.2) is 0 Å². The number of carbonyl (C=O) groups excluding carboxylic acids is 1. The number of ether oxygens (including phenoxy) is 6. The molecule has 3 saturated heterocycles. The first kappa shape index (κ1) is 65.5. The lowest BCUT2D eigenvalue weighted by Gasteiger charge is -2.48. The van der Waals surface area contributed by atoms with Crippen LogP contribution < -0.4 is 5.32 Å². The summed E-state index contributed by atoms with van der Waals surface area (Å²) in [6, 6.07) is -1.00. The summed E-state index contributed by atoms with van der Waals surface area (Å²) in [5.74, 6) is -0.315. The molecule has 3 aliphatic rings. The molecule has 0 aromatic rings. The molecule has 0 saturated carbocycles. The predicted molar refractivity (Wildman–Crippen MR) is 277 cm³/mol. The first-order valence-corrected chi connectivity index (χ1v) is 27.2. The Balaban J connectivity index is 1.56. The van der Waals surface area contributed by atoms with Crippen molar-refractivity contribution in [1.29, 1.82) is 0 Å². The summed E-state index contributed by atoms with van der Waals surface area (Å²) in [5, 5.41) is 120. The summed E-state index contributed by atoms with van der Waals surface area (Å²) in [7, 11) is 0. The Kier molecular flexibility index (Phi) is 34.3. The van der Waals surface area contributed by atoms with Gasteiger partial charge in [0.15, 0.2) is 18.9 Å². The van der Waals surface area contributed by atoms with E-state index in [1.165, 1.54) is 32.1 Å². The molecule has 12 N–H and O–H groups in total. The van der Waals surface area contributed by atoms with E-state index in [2.05, 4.69) is 79.9 Å². The average molecular weight is 1060 g/mol. The minimum Gasteiger partial charge on any atom is -0.394 e. The second-order valence-electron chi connectivity index (χ2n) is 19.3. The number of unbranched alkanes of at least 4 members (excludes halogenated alkanes) is 11. The van der Waals surface area contributed by atoms with Gasteiger partial charge in [-0.2, -0.15) is 0 Å². The Labute approximate surface area is 438 Å². The van der Waals surface area contributed by atoms with Gasteiger partial charge in [0.25, 0.3) is 0 Å². The van der Waals surface area contributed by atoms with Crippen LogP contribution in [0.25, 0.3) is 0 Å². The van der Waals surface area contributed by atoms with Crippen molar-refractivity contribution in [2.45, 2.75) is 240 Å². The van der Waals surface area contributed by atoms with E-state index in [4.69, 9.17) is 28.4 Å². The fourth-order valence-corrected chi connectivity index (χ4v) is 8.72. The van der Waals surface area contributed by atoms with Crippen LogP contribution in [-0.2, 0) is 33.2 Å². The first-order chi connectivity index (χ1) is 35.8. The highest BCUT2D eigenvalue weighted by Gasteiger charge is 2.53. The van der Waals surface area contributed by atoms with Crippen LogP contribution >= 0.6 is 0 Å². The number of hydrogen-bond donors (Lipinski definition) is 12. The zero-order valence-electron chi connectivity index (χ0n) is 43.8. The Morgan fingerprint density at radius 2 is 0.946 bits per heavy atom. The lowest BCUT2D eigenvalue weighted by Crippen LogP contribution is -2.66. The van der Waals surface area contributed by atoms with Gasteiger partial charge in [-0.15, -0.1) is 0 Å². The number of rotatable bonds is 37. The maximum Gasteiger partial charge on any atom is 0.220 e. The molecule has 74 heavy (non-hydrogen) atoms. The molecule has 0 radical (unpaired) electrons. The van der Waals surface area contributed by atoms with E-state index in [0.717, 1.165) is 70.6 Å². The van der Waals surface area contributed by atoms with Crippen LogP contribution in [0.1, 0.15) is 136 Å². The van der Waals surface area contributed by atoms with Gasteiger partial charge in [0, 0.05) is 6.42 Å². The van der Waals surface area contributed by atoms with E-state index in [1.807, 2.05) is 6.08 Å². The minimum atomic E-state index is -1.98. The molecule has 17 atom stereocenters. The molecule has 3 fully saturated rings. The highest BCUT2D eigenvalue weighted by molar-refractivity contribution is 5.76. The molecule has 426 valence electrons. The van der Waals surface area contributed by atoms with Gasteiger partial charge < -0.3 is 89.9 Å². The summed E-state index contributed by atoms with van der Waals surface area (Å²) in [6.07, 6.45) is 16.1. The van der Waals surface area contributed by atoms with Crippen LogP contribution in [0, 0.1) is 0 Å². The normalized spacial score (nSPS) is 32.0. The Hall–Kier alpha value is -2.77. The summed E-state index contributed by atoms with van der Waals surface area (Å²) >= 11 is 0. The summed E-state index contributed by atoms with van der Waals surface area (Å²) in [6.45, 7) is 1.50. The van der Waals surface area contributed by atoms with E-state index in [1.54, 1.807) is 6.08 Å². The van der Waals surface area contributed by atoms with Crippen LogP contribution in [0.15, 0.2) is 72.9 Å². The molecule has 0 aromatic heterocycles. The maximum absolute atomic E-state index is 13.2. The standard InChI is InChI=1S/C55H93NO18/c1-3-5-7-9-11-13-15-17-18-19-20-21-23-25-27-29-31-33-43(61)56-38(39(60)32-30-28-26-24-22-16-14-12-10-8-6-4-2)37-69-53-49(67)46(64)51(41(35-58)71-53)74-55-50(68)47(65)52(42(36-59)72-55)73-54-48(66)45(63)44(62)40(34-57)70-54/h5,7,11,13,17-18,20-22,24,30,32,38-42,44-55,57-60,62-68H,3-4,6,8-10,12,14-16,19,23,25-29,31,33-37H2,1-2H3,(H,56,61)/b7-5-,13-11-,18-17-,21-20-,24-22+,32-30+. The monoisotopic (exact) mass is 1060 g/mol. The van der Waals surface area contributed by atoms with Crippen LogP contribution in [0.2, 0.25) is 0 Å². The molecular weight excluding hydrogens is 963 g/mol. The number of nitrogens with one attached hydrogen (secondary N) is 1. The van der Waals surface area contributed by atoms with E-state index < -0.39 is 124 Å². The highest BCUT2D eigenvalue weighted by Crippen LogP contribution is 2.33. The largest absolute Gasteiger partial charge is 0.394 e. The third-order valence-electron chi connectivity index (χ3n) is 13.2. The zero-order valence-corrected chi connectivity index (χ0v) is 43.8. The van der Waals surface area contributed by atoms with Gasteiger partial charge >= 0.3 is 0 Å². The number of aliphatic hydroxyl groups is 11. The SMILES string of the molecule is CC/C=C\C/C=C\C/C=C\C/C=C\CCCCCCC(=O)NC(COC1OC(CO)C(OC2OC(CO)C(OC3OC(CO)C(O)C(O)C3O)C(O)C2O)C(O)C1O)C(O)/C=C/CC/C=C/CCCCCCCC. The Morgan fingerprint density at radius 3 is 1.51 bits per heavy atom. The van der Waals surface area contributed by atoms with Gasteiger partial charge in [-0.05, 0) is 70.6 Å². The molecule has 19 nitrogen and oxygen atoms in total. The van der Waals surface area contributed by atoms with Crippen molar-refractivity contribution in [3.05, 3.63) is 72.9 Å². The number of amides is 1. The molecule has 0 spiro atoms. The van der Waals surface area contributed by atoms with Crippen molar-refractivity contribution in [2.75, 3.05) is 26.4 Å². The lowest BCUT2D eigenvalue weighted by molar-refractivity contribution is -0.379. The highest BCUT2D eigenvalue weighted by atomic mass is 16.8. The average Bonchev–Trinajstić information content (AvgIpc) is 3.40. The number of hydrogen-bond acceptors (Lipinski definition) is 18. The van der Waals surface area contributed by atoms with Gasteiger partial charge in [-0.3, -0.25) is 4.79 Å². The van der Waals surface area contributed by atoms with Crippen molar-refractivity contribution in [3.63, 3.8) is 0 Å². The van der Waals surface area contributed by atoms with Crippen LogP contribution in [-0.4, -0.2) is 193 Å².